The summed E-state index contributed by atoms with van der Waals surface area (Å²) in [6.45, 7) is 0. The van der Waals surface area contributed by atoms with E-state index in [2.05, 4.69) is 32.3 Å². The fourth-order valence-electron chi connectivity index (χ4n) is 0.0630. The van der Waals surface area contributed by atoms with Crippen molar-refractivity contribution in [3.63, 3.8) is 0 Å². The van der Waals surface area contributed by atoms with Gasteiger partial charge in [-0.25, -0.2) is 9.59 Å². The molecule has 0 spiro atoms. The number of halogens is 2. The van der Waals surface area contributed by atoms with Gasteiger partial charge in [-0.3, -0.25) is 0 Å². The van der Waals surface area contributed by atoms with Gasteiger partial charge in [0.1, 0.15) is 23.7 Å². The smallest absolute Gasteiger partial charge is 1.00 e. The molecular weight excluding hydrogens is 225 g/mol. The number of rotatable bonds is 0. The van der Waals surface area contributed by atoms with Crippen molar-refractivity contribution in [1.82, 2.24) is 0 Å². The van der Waals surface area contributed by atoms with Crippen LogP contribution in [0.1, 0.15) is 1.43 Å². The van der Waals surface area contributed by atoms with Crippen LogP contribution in [0.5, 0.6) is 0 Å². The van der Waals surface area contributed by atoms with E-state index in [-0.39, 0.29) is 20.3 Å². The van der Waals surface area contributed by atoms with E-state index in [1.165, 1.54) is 0 Å². The number of carbonyl (C=O) groups is 2. The molecule has 0 aromatic rings. The minimum Gasteiger partial charge on any atom is -1.00 e. The Morgan fingerprint density at radius 2 is 1.23 bits per heavy atom. The number of hydrogen-bond acceptors (Lipinski definition) is 7. The molecule has 0 saturated heterocycles. The summed E-state index contributed by atoms with van der Waals surface area (Å²) >= 11 is 8.83. The summed E-state index contributed by atoms with van der Waals surface area (Å²) in [4.78, 5) is 19.7. The monoisotopic (exact) mass is 228 g/mol. The molecule has 0 aliphatic carbocycles. The maximum Gasteiger partial charge on any atom is 1.00 e. The Bertz CT molecular complexity index is 142. The SMILES string of the molecule is O=C(OCl)C(=O)OCl.OB(O)O.[H-].[Li+]. The van der Waals surface area contributed by atoms with Crippen molar-refractivity contribution in [2.24, 2.45) is 0 Å². The Morgan fingerprint density at radius 3 is 1.31 bits per heavy atom. The van der Waals surface area contributed by atoms with Gasteiger partial charge in [0.25, 0.3) is 0 Å². The predicted octanol–water partition coefficient (Wildman–Crippen LogP) is -4.55. The molecule has 72 valence electrons. The molecule has 11 heteroatoms. The molecule has 0 amide bonds. The molecule has 0 aliphatic heterocycles. The van der Waals surface area contributed by atoms with E-state index in [4.69, 9.17) is 15.1 Å². The van der Waals surface area contributed by atoms with Crippen LogP contribution in [0.3, 0.4) is 0 Å². The van der Waals surface area contributed by atoms with Crippen molar-refractivity contribution in [2.45, 2.75) is 0 Å². The Hall–Kier alpha value is 0.0623. The van der Waals surface area contributed by atoms with Crippen molar-refractivity contribution >= 4 is 43.0 Å². The first-order valence-electron chi connectivity index (χ1n) is 2.15. The molecule has 0 aromatic carbocycles. The molecule has 0 aromatic heterocycles. The van der Waals surface area contributed by atoms with E-state index in [1.54, 1.807) is 0 Å². The summed E-state index contributed by atoms with van der Waals surface area (Å²) < 4.78 is 6.75. The van der Waals surface area contributed by atoms with E-state index in [0.29, 0.717) is 0 Å². The van der Waals surface area contributed by atoms with Crippen molar-refractivity contribution in [3.8, 4) is 0 Å². The largest absolute Gasteiger partial charge is 1.00 e. The van der Waals surface area contributed by atoms with Gasteiger partial charge in [0.15, 0.2) is 0 Å². The van der Waals surface area contributed by atoms with Crippen LogP contribution in [0, 0.1) is 0 Å². The van der Waals surface area contributed by atoms with Gasteiger partial charge >= 0.3 is 38.1 Å². The van der Waals surface area contributed by atoms with Crippen LogP contribution in [0.2, 0.25) is 0 Å². The fourth-order valence-corrected chi connectivity index (χ4v) is 0.189. The van der Waals surface area contributed by atoms with Crippen LogP contribution >= 0.6 is 23.7 Å². The van der Waals surface area contributed by atoms with Crippen LogP contribution in [0.25, 0.3) is 0 Å². The van der Waals surface area contributed by atoms with Crippen molar-refractivity contribution in [2.75, 3.05) is 0 Å². The molecule has 3 N–H and O–H groups in total. The third kappa shape index (κ3) is 18.8. The third-order valence-electron chi connectivity index (χ3n) is 0.307. The van der Waals surface area contributed by atoms with Gasteiger partial charge in [-0.1, -0.05) is 0 Å². The standard InChI is InChI=1S/C2Cl2O4.BH3O3.Li.H/c3-7-1(5)2(6)8-4;2-1(3)4;;/h;2-4H;;/q;;+1;-1. The van der Waals surface area contributed by atoms with E-state index in [1.807, 2.05) is 0 Å². The van der Waals surface area contributed by atoms with Crippen molar-refractivity contribution in [1.29, 1.82) is 0 Å². The Kier molecular flexibility index (Phi) is 17.4. The molecule has 13 heavy (non-hydrogen) atoms. The van der Waals surface area contributed by atoms with Gasteiger partial charge in [-0.15, -0.1) is 0 Å². The van der Waals surface area contributed by atoms with E-state index in [0.717, 1.165) is 0 Å². The van der Waals surface area contributed by atoms with Crippen molar-refractivity contribution in [3.05, 3.63) is 0 Å². The second-order valence-corrected chi connectivity index (χ2v) is 1.38. The number of carbonyl (C=O) groups excluding carboxylic acids is 2. The van der Waals surface area contributed by atoms with Gasteiger partial charge in [0, 0.05) is 0 Å². The second kappa shape index (κ2) is 12.1. The third-order valence-corrected chi connectivity index (χ3v) is 0.587. The zero-order chi connectivity index (χ0) is 10.1. The Morgan fingerprint density at radius 1 is 1.08 bits per heavy atom. The summed E-state index contributed by atoms with van der Waals surface area (Å²) in [5.41, 5.74) is 0. The Balaban J connectivity index is -0.0000000733. The summed E-state index contributed by atoms with van der Waals surface area (Å²) in [7, 11) is -2.17. The maximum absolute atomic E-state index is 9.83. The number of hydrogen-bond donors (Lipinski definition) is 3. The molecule has 0 unspecified atom stereocenters. The normalized spacial score (nSPS) is 6.85. The zero-order valence-corrected chi connectivity index (χ0v) is 7.82. The summed E-state index contributed by atoms with van der Waals surface area (Å²) in [5.74, 6) is -2.69. The van der Waals surface area contributed by atoms with E-state index < -0.39 is 19.3 Å². The topological polar surface area (TPSA) is 113 Å². The first-order valence-corrected chi connectivity index (χ1v) is 2.77. The van der Waals surface area contributed by atoms with Crippen LogP contribution in [0.4, 0.5) is 0 Å². The van der Waals surface area contributed by atoms with Gasteiger partial charge in [-0.05, 0) is 0 Å². The minimum absolute atomic E-state index is 0. The zero-order valence-electron chi connectivity index (χ0n) is 7.31. The summed E-state index contributed by atoms with van der Waals surface area (Å²) in [6.07, 6.45) is 0. The van der Waals surface area contributed by atoms with Crippen molar-refractivity contribution < 1.29 is 53.5 Å². The average molecular weight is 229 g/mol. The van der Waals surface area contributed by atoms with Gasteiger partial charge < -0.3 is 25.1 Å². The first kappa shape index (κ1) is 18.8. The van der Waals surface area contributed by atoms with Gasteiger partial charge in [0.2, 0.25) is 0 Å². The van der Waals surface area contributed by atoms with E-state index in [9.17, 15) is 9.59 Å². The van der Waals surface area contributed by atoms with Crippen LogP contribution in [-0.2, 0) is 18.2 Å². The summed E-state index contributed by atoms with van der Waals surface area (Å²) in [5, 5.41) is 21.5. The first-order chi connectivity index (χ1) is 5.45. The molecule has 0 bridgehead atoms. The molecule has 0 fully saturated rings. The molecule has 0 aliphatic rings. The molecule has 7 nitrogen and oxygen atoms in total. The predicted molar refractivity (Wildman–Crippen MR) is 37.4 cm³/mol. The molecule has 0 radical (unpaired) electrons. The molecule has 0 atom stereocenters. The van der Waals surface area contributed by atoms with Crippen LogP contribution < -0.4 is 18.9 Å². The minimum atomic E-state index is -2.17. The maximum atomic E-state index is 9.83. The molecule has 0 heterocycles. The Labute approximate surface area is 96.7 Å². The molecule has 0 saturated carbocycles. The van der Waals surface area contributed by atoms with E-state index >= 15 is 0 Å². The van der Waals surface area contributed by atoms with Gasteiger partial charge in [-0.2, -0.15) is 0 Å². The molecular formula is C2H4BCl2LiO7. The second-order valence-electron chi connectivity index (χ2n) is 1.08. The average Bonchev–Trinajstić information content (AvgIpc) is 2.00. The summed E-state index contributed by atoms with van der Waals surface area (Å²) in [6, 6.07) is 0. The van der Waals surface area contributed by atoms with Crippen LogP contribution in [-0.4, -0.2) is 34.3 Å². The fraction of sp³-hybridized carbons (Fsp3) is 0. The van der Waals surface area contributed by atoms with Gasteiger partial charge in [0.05, 0.1) is 0 Å². The quantitative estimate of drug-likeness (QED) is 0.283. The van der Waals surface area contributed by atoms with Crippen LogP contribution in [0.15, 0.2) is 0 Å². The molecule has 0 rings (SSSR count).